The lowest BCUT2D eigenvalue weighted by molar-refractivity contribution is 0.0789. The van der Waals surface area contributed by atoms with Crippen LogP contribution in [0.4, 0.5) is 0 Å². The molecule has 2 aromatic rings. The molecule has 0 spiro atoms. The lowest BCUT2D eigenvalue weighted by atomic mass is 9.91. The van der Waals surface area contributed by atoms with Crippen molar-refractivity contribution in [3.8, 4) is 0 Å². The van der Waals surface area contributed by atoms with Gasteiger partial charge in [-0.2, -0.15) is 4.31 Å². The van der Waals surface area contributed by atoms with E-state index in [1.807, 2.05) is 17.5 Å². The molecule has 3 heterocycles. The number of piperidine rings is 1. The van der Waals surface area contributed by atoms with Gasteiger partial charge in [0.2, 0.25) is 5.91 Å². The number of nitrogens with two attached hydrogens (primary N) is 1. The summed E-state index contributed by atoms with van der Waals surface area (Å²) < 4.78 is 26.9. The van der Waals surface area contributed by atoms with E-state index in [4.69, 9.17) is 5.73 Å². The Labute approximate surface area is 148 Å². The normalized spacial score (nSPS) is 18.5. The van der Waals surface area contributed by atoms with Crippen molar-refractivity contribution in [2.24, 2.45) is 11.7 Å². The highest BCUT2D eigenvalue weighted by atomic mass is 32.2. The lowest BCUT2D eigenvalue weighted by Gasteiger charge is -2.32. The molecule has 1 fully saturated rings. The molecule has 2 aromatic heterocycles. The predicted molar refractivity (Wildman–Crippen MR) is 93.6 cm³/mol. The first-order valence-corrected chi connectivity index (χ1v) is 10.7. The van der Waals surface area contributed by atoms with E-state index < -0.39 is 22.0 Å². The smallest absolute Gasteiger partial charge is 0.252 e. The first-order chi connectivity index (χ1) is 11.4. The van der Waals surface area contributed by atoms with Crippen molar-refractivity contribution in [2.45, 2.75) is 23.2 Å². The third kappa shape index (κ3) is 3.40. The highest BCUT2D eigenvalue weighted by molar-refractivity contribution is 7.91. The molecule has 0 saturated carbocycles. The van der Waals surface area contributed by atoms with Crippen molar-refractivity contribution in [2.75, 3.05) is 13.1 Å². The van der Waals surface area contributed by atoms with E-state index >= 15 is 0 Å². The molecule has 0 bridgehead atoms. The van der Waals surface area contributed by atoms with Gasteiger partial charge in [-0.3, -0.25) is 4.79 Å². The number of carbonyl (C=O) groups excluding carboxylic acids is 1. The van der Waals surface area contributed by atoms with Crippen molar-refractivity contribution in [3.05, 3.63) is 39.4 Å². The van der Waals surface area contributed by atoms with Gasteiger partial charge in [0.15, 0.2) is 0 Å². The molecule has 0 aliphatic carbocycles. The molecule has 130 valence electrons. The van der Waals surface area contributed by atoms with Crippen molar-refractivity contribution >= 4 is 38.6 Å². The number of nitrogens with zero attached hydrogens (tertiary/aromatic N) is 1. The molecular formula is C15H18N2O4S3. The summed E-state index contributed by atoms with van der Waals surface area (Å²) in [5.41, 5.74) is 5.39. The Hall–Kier alpha value is -1.26. The number of primary amides is 1. The fourth-order valence-electron chi connectivity index (χ4n) is 2.83. The third-order valence-corrected chi connectivity index (χ3v) is 8.49. The van der Waals surface area contributed by atoms with E-state index in [2.05, 4.69) is 0 Å². The van der Waals surface area contributed by atoms with Crippen LogP contribution in [0.1, 0.15) is 34.2 Å². The Morgan fingerprint density at radius 1 is 1.33 bits per heavy atom. The van der Waals surface area contributed by atoms with Gasteiger partial charge in [0.05, 0.1) is 11.7 Å². The molecule has 1 aliphatic rings. The molecule has 9 heteroatoms. The average Bonchev–Trinajstić information content (AvgIpc) is 3.26. The summed E-state index contributed by atoms with van der Waals surface area (Å²) in [6.45, 7) is 0.721. The van der Waals surface area contributed by atoms with Crippen LogP contribution in [0.3, 0.4) is 0 Å². The van der Waals surface area contributed by atoms with Gasteiger partial charge in [0, 0.05) is 23.3 Å². The monoisotopic (exact) mass is 386 g/mol. The Balaban J connectivity index is 1.68. The van der Waals surface area contributed by atoms with Gasteiger partial charge >= 0.3 is 0 Å². The average molecular weight is 387 g/mol. The van der Waals surface area contributed by atoms with E-state index in [1.54, 1.807) is 0 Å². The van der Waals surface area contributed by atoms with Crippen LogP contribution in [0.5, 0.6) is 0 Å². The van der Waals surface area contributed by atoms with Crippen LogP contribution in [0.2, 0.25) is 0 Å². The molecule has 0 aromatic carbocycles. The number of carbonyl (C=O) groups is 1. The molecular weight excluding hydrogens is 368 g/mol. The first kappa shape index (κ1) is 17.6. The molecule has 1 amide bonds. The molecule has 1 atom stereocenters. The summed E-state index contributed by atoms with van der Waals surface area (Å²) in [5, 5.41) is 13.8. The quantitative estimate of drug-likeness (QED) is 0.821. The highest BCUT2D eigenvalue weighted by Gasteiger charge is 2.33. The van der Waals surface area contributed by atoms with E-state index in [1.165, 1.54) is 27.1 Å². The van der Waals surface area contributed by atoms with Crippen LogP contribution in [-0.4, -0.2) is 36.8 Å². The second-order valence-corrected chi connectivity index (χ2v) is 9.78. The number of sulfonamides is 1. The van der Waals surface area contributed by atoms with Crippen LogP contribution in [0.15, 0.2) is 33.2 Å². The standard InChI is InChI=1S/C15H18N2O4S3/c16-15(19)11-8-13(23-9-11)24(20,21)17-5-3-10(4-6-17)14(18)12-2-1-7-22-12/h1-2,7-10,14,18H,3-6H2,(H2,16,19). The Morgan fingerprint density at radius 3 is 2.58 bits per heavy atom. The topological polar surface area (TPSA) is 101 Å². The number of amides is 1. The van der Waals surface area contributed by atoms with E-state index in [0.717, 1.165) is 16.2 Å². The largest absolute Gasteiger partial charge is 0.387 e. The number of rotatable bonds is 5. The van der Waals surface area contributed by atoms with Crippen LogP contribution in [0.25, 0.3) is 0 Å². The fraction of sp³-hybridized carbons (Fsp3) is 0.400. The molecule has 1 unspecified atom stereocenters. The summed E-state index contributed by atoms with van der Waals surface area (Å²) >= 11 is 2.51. The maximum atomic E-state index is 12.7. The maximum absolute atomic E-state index is 12.7. The zero-order chi connectivity index (χ0) is 17.3. The van der Waals surface area contributed by atoms with Crippen molar-refractivity contribution in [3.63, 3.8) is 0 Å². The van der Waals surface area contributed by atoms with Gasteiger partial charge in [-0.15, -0.1) is 22.7 Å². The minimum absolute atomic E-state index is 0.0552. The van der Waals surface area contributed by atoms with Crippen LogP contribution >= 0.6 is 22.7 Å². The Morgan fingerprint density at radius 2 is 2.04 bits per heavy atom. The molecule has 1 aliphatic heterocycles. The molecule has 3 N–H and O–H groups in total. The van der Waals surface area contributed by atoms with Crippen LogP contribution in [-0.2, 0) is 10.0 Å². The van der Waals surface area contributed by atoms with E-state index in [0.29, 0.717) is 25.9 Å². The summed E-state index contributed by atoms with van der Waals surface area (Å²) in [6, 6.07) is 5.13. The molecule has 0 radical (unpaired) electrons. The lowest BCUT2D eigenvalue weighted by Crippen LogP contribution is -2.39. The van der Waals surface area contributed by atoms with E-state index in [-0.39, 0.29) is 15.7 Å². The second kappa shape index (κ2) is 6.93. The fourth-order valence-corrected chi connectivity index (χ4v) is 6.43. The van der Waals surface area contributed by atoms with Crippen molar-refractivity contribution in [1.82, 2.24) is 4.31 Å². The second-order valence-electron chi connectivity index (χ2n) is 5.72. The van der Waals surface area contributed by atoms with Gasteiger partial charge < -0.3 is 10.8 Å². The van der Waals surface area contributed by atoms with Crippen molar-refractivity contribution in [1.29, 1.82) is 0 Å². The molecule has 3 rings (SSSR count). The molecule has 24 heavy (non-hydrogen) atoms. The zero-order valence-corrected chi connectivity index (χ0v) is 15.2. The number of hydrogen-bond donors (Lipinski definition) is 2. The number of thiophene rings is 2. The molecule has 6 nitrogen and oxygen atoms in total. The maximum Gasteiger partial charge on any atom is 0.252 e. The minimum atomic E-state index is -3.61. The summed E-state index contributed by atoms with van der Waals surface area (Å²) in [6.07, 6.45) is 0.664. The number of hydrogen-bond acceptors (Lipinski definition) is 6. The number of aliphatic hydroxyl groups is 1. The SMILES string of the molecule is NC(=O)c1csc(S(=O)(=O)N2CCC(C(O)c3cccs3)CC2)c1. The molecule has 1 saturated heterocycles. The highest BCUT2D eigenvalue weighted by Crippen LogP contribution is 2.35. The first-order valence-electron chi connectivity index (χ1n) is 7.49. The van der Waals surface area contributed by atoms with Crippen LogP contribution < -0.4 is 5.73 Å². The van der Waals surface area contributed by atoms with Gasteiger partial charge in [0.1, 0.15) is 4.21 Å². The van der Waals surface area contributed by atoms with Gasteiger partial charge in [-0.25, -0.2) is 8.42 Å². The zero-order valence-electron chi connectivity index (χ0n) is 12.8. The summed E-state index contributed by atoms with van der Waals surface area (Å²) in [7, 11) is -3.61. The van der Waals surface area contributed by atoms with Gasteiger partial charge in [-0.05, 0) is 36.3 Å². The van der Waals surface area contributed by atoms with Crippen LogP contribution in [0, 0.1) is 5.92 Å². The Kier molecular flexibility index (Phi) is 5.07. The number of aliphatic hydroxyl groups excluding tert-OH is 1. The minimum Gasteiger partial charge on any atom is -0.387 e. The summed E-state index contributed by atoms with van der Waals surface area (Å²) in [4.78, 5) is 12.1. The van der Waals surface area contributed by atoms with E-state index in [9.17, 15) is 18.3 Å². The summed E-state index contributed by atoms with van der Waals surface area (Å²) in [5.74, 6) is -0.579. The van der Waals surface area contributed by atoms with Gasteiger partial charge in [0.25, 0.3) is 10.0 Å². The Bertz CT molecular complexity index is 806. The predicted octanol–water partition coefficient (Wildman–Crippen LogP) is 2.04. The van der Waals surface area contributed by atoms with Crippen molar-refractivity contribution < 1.29 is 18.3 Å². The van der Waals surface area contributed by atoms with Gasteiger partial charge in [-0.1, -0.05) is 6.07 Å². The third-order valence-electron chi connectivity index (χ3n) is 4.23.